The summed E-state index contributed by atoms with van der Waals surface area (Å²) in [5.74, 6) is -0.108. The van der Waals surface area contributed by atoms with Crippen molar-refractivity contribution in [3.63, 3.8) is 0 Å². The molecule has 0 bridgehead atoms. The summed E-state index contributed by atoms with van der Waals surface area (Å²) in [5.41, 5.74) is 2.01. The number of aliphatic carboxylic acids is 1. The minimum atomic E-state index is -0.638. The molecule has 0 spiro atoms. The maximum atomic E-state index is 11.1. The van der Waals surface area contributed by atoms with Crippen LogP contribution in [0.25, 0.3) is 0 Å². The minimum absolute atomic E-state index is 0.445. The van der Waals surface area contributed by atoms with Crippen molar-refractivity contribution in [2.45, 2.75) is 39.0 Å². The number of rotatable bonds is 4. The Labute approximate surface area is 96.3 Å². The molecule has 0 heterocycles. The first-order valence-corrected chi connectivity index (χ1v) is 5.86. The summed E-state index contributed by atoms with van der Waals surface area (Å²) in [6, 6.07) is 8.35. The number of carboxylic acids is 1. The second-order valence-corrected chi connectivity index (χ2v) is 5.16. The Hall–Kier alpha value is -1.31. The summed E-state index contributed by atoms with van der Waals surface area (Å²) in [5, 5.41) is 9.11. The molecule has 2 nitrogen and oxygen atoms in total. The molecule has 1 aliphatic carbocycles. The van der Waals surface area contributed by atoms with Crippen LogP contribution in [0, 0.1) is 5.41 Å². The van der Waals surface area contributed by atoms with Crippen LogP contribution < -0.4 is 0 Å². The van der Waals surface area contributed by atoms with Gasteiger partial charge in [0.15, 0.2) is 0 Å². The molecule has 1 aromatic carbocycles. The largest absolute Gasteiger partial charge is 0.481 e. The lowest BCUT2D eigenvalue weighted by Gasteiger charge is -2.11. The molecule has 1 N–H and O–H groups in total. The molecule has 0 aliphatic heterocycles. The van der Waals surface area contributed by atoms with Crippen LogP contribution >= 0.6 is 0 Å². The summed E-state index contributed by atoms with van der Waals surface area (Å²) < 4.78 is 0. The first-order chi connectivity index (χ1) is 7.53. The summed E-state index contributed by atoms with van der Waals surface area (Å²) in [7, 11) is 0. The lowest BCUT2D eigenvalue weighted by Crippen LogP contribution is -2.17. The molecule has 1 saturated carbocycles. The first-order valence-electron chi connectivity index (χ1n) is 5.86. The Balaban J connectivity index is 2.09. The highest BCUT2D eigenvalue weighted by Gasteiger charge is 2.49. The Morgan fingerprint density at radius 3 is 2.25 bits per heavy atom. The zero-order chi connectivity index (χ0) is 11.8. The first kappa shape index (κ1) is 11.2. The van der Waals surface area contributed by atoms with Gasteiger partial charge in [-0.25, -0.2) is 0 Å². The Morgan fingerprint density at radius 1 is 1.31 bits per heavy atom. The van der Waals surface area contributed by atoms with Gasteiger partial charge in [-0.3, -0.25) is 4.79 Å². The monoisotopic (exact) mass is 218 g/mol. The maximum absolute atomic E-state index is 11.1. The molecule has 1 fully saturated rings. The molecular weight excluding hydrogens is 200 g/mol. The third-order valence-corrected chi connectivity index (χ3v) is 3.50. The van der Waals surface area contributed by atoms with Crippen molar-refractivity contribution in [2.75, 3.05) is 0 Å². The normalized spacial score (nSPS) is 17.4. The van der Waals surface area contributed by atoms with E-state index in [1.165, 1.54) is 5.56 Å². The molecule has 0 unspecified atom stereocenters. The number of hydrogen-bond acceptors (Lipinski definition) is 1. The molecule has 0 radical (unpaired) electrons. The van der Waals surface area contributed by atoms with Gasteiger partial charge in [0, 0.05) is 0 Å². The SMILES string of the molecule is CC(C)c1ccc(CC2(C(=O)O)CC2)cc1. The zero-order valence-corrected chi connectivity index (χ0v) is 9.86. The molecule has 86 valence electrons. The third-order valence-electron chi connectivity index (χ3n) is 3.50. The fraction of sp³-hybridized carbons (Fsp3) is 0.500. The predicted octanol–water partition coefficient (Wildman–Crippen LogP) is 3.22. The fourth-order valence-electron chi connectivity index (χ4n) is 2.03. The van der Waals surface area contributed by atoms with Gasteiger partial charge in [-0.05, 0) is 36.3 Å². The Kier molecular flexibility index (Phi) is 2.75. The van der Waals surface area contributed by atoms with Crippen molar-refractivity contribution in [3.05, 3.63) is 35.4 Å². The van der Waals surface area contributed by atoms with Gasteiger partial charge in [0.1, 0.15) is 0 Å². The smallest absolute Gasteiger partial charge is 0.309 e. The average molecular weight is 218 g/mol. The van der Waals surface area contributed by atoms with Crippen LogP contribution in [0.1, 0.15) is 43.7 Å². The predicted molar refractivity (Wildman–Crippen MR) is 63.5 cm³/mol. The van der Waals surface area contributed by atoms with Gasteiger partial charge in [-0.15, -0.1) is 0 Å². The minimum Gasteiger partial charge on any atom is -0.481 e. The fourth-order valence-corrected chi connectivity index (χ4v) is 2.03. The highest BCUT2D eigenvalue weighted by atomic mass is 16.4. The van der Waals surface area contributed by atoms with E-state index >= 15 is 0 Å². The number of benzene rings is 1. The van der Waals surface area contributed by atoms with Crippen LogP contribution in [0.2, 0.25) is 0 Å². The van der Waals surface area contributed by atoms with Crippen molar-refractivity contribution in [2.24, 2.45) is 5.41 Å². The van der Waals surface area contributed by atoms with Crippen molar-refractivity contribution in [3.8, 4) is 0 Å². The molecule has 0 atom stereocenters. The van der Waals surface area contributed by atoms with E-state index in [1.54, 1.807) is 0 Å². The van der Waals surface area contributed by atoms with E-state index in [0.717, 1.165) is 18.4 Å². The highest BCUT2D eigenvalue weighted by Crippen LogP contribution is 2.48. The van der Waals surface area contributed by atoms with Crippen molar-refractivity contribution in [1.82, 2.24) is 0 Å². The van der Waals surface area contributed by atoms with Gasteiger partial charge in [0.05, 0.1) is 5.41 Å². The van der Waals surface area contributed by atoms with Crippen molar-refractivity contribution < 1.29 is 9.90 Å². The third kappa shape index (κ3) is 2.11. The summed E-state index contributed by atoms with van der Waals surface area (Å²) in [6.45, 7) is 4.32. The van der Waals surface area contributed by atoms with Crippen LogP contribution in [0.5, 0.6) is 0 Å². The van der Waals surface area contributed by atoms with E-state index in [9.17, 15) is 4.79 Å². The number of carbonyl (C=O) groups is 1. The van der Waals surface area contributed by atoms with Gasteiger partial charge in [0.2, 0.25) is 0 Å². The topological polar surface area (TPSA) is 37.3 Å². The summed E-state index contributed by atoms with van der Waals surface area (Å²) in [4.78, 5) is 11.1. The quantitative estimate of drug-likeness (QED) is 0.842. The molecule has 2 rings (SSSR count). The highest BCUT2D eigenvalue weighted by molar-refractivity contribution is 5.78. The standard InChI is InChI=1S/C14H18O2/c1-10(2)12-5-3-11(4-6-12)9-14(7-8-14)13(15)16/h3-6,10H,7-9H2,1-2H3,(H,15,16). The molecule has 0 aromatic heterocycles. The lowest BCUT2D eigenvalue weighted by molar-refractivity contribution is -0.143. The Bertz CT molecular complexity index is 386. The van der Waals surface area contributed by atoms with E-state index in [1.807, 2.05) is 0 Å². The number of hydrogen-bond donors (Lipinski definition) is 1. The van der Waals surface area contributed by atoms with E-state index in [-0.39, 0.29) is 0 Å². The second-order valence-electron chi connectivity index (χ2n) is 5.16. The molecule has 1 aromatic rings. The molecule has 0 amide bonds. The van der Waals surface area contributed by atoms with Crippen molar-refractivity contribution >= 4 is 5.97 Å². The second kappa shape index (κ2) is 3.93. The molecular formula is C14H18O2. The van der Waals surface area contributed by atoms with Gasteiger partial charge >= 0.3 is 5.97 Å². The molecule has 0 saturated heterocycles. The van der Waals surface area contributed by atoms with Crippen LogP contribution in [-0.4, -0.2) is 11.1 Å². The van der Waals surface area contributed by atoms with Gasteiger partial charge in [-0.2, -0.15) is 0 Å². The average Bonchev–Trinajstić information content (AvgIpc) is 3.00. The van der Waals surface area contributed by atoms with Gasteiger partial charge in [-0.1, -0.05) is 38.1 Å². The van der Waals surface area contributed by atoms with Crippen molar-refractivity contribution in [1.29, 1.82) is 0 Å². The molecule has 1 aliphatic rings. The maximum Gasteiger partial charge on any atom is 0.309 e. The van der Waals surface area contributed by atoms with Gasteiger partial charge < -0.3 is 5.11 Å². The summed E-state index contributed by atoms with van der Waals surface area (Å²) in [6.07, 6.45) is 2.34. The van der Waals surface area contributed by atoms with E-state index in [0.29, 0.717) is 12.3 Å². The lowest BCUT2D eigenvalue weighted by atomic mass is 9.94. The molecule has 2 heteroatoms. The van der Waals surface area contributed by atoms with E-state index < -0.39 is 11.4 Å². The van der Waals surface area contributed by atoms with E-state index in [4.69, 9.17) is 5.11 Å². The summed E-state index contributed by atoms with van der Waals surface area (Å²) >= 11 is 0. The van der Waals surface area contributed by atoms with Crippen LogP contribution in [0.3, 0.4) is 0 Å². The zero-order valence-electron chi connectivity index (χ0n) is 9.86. The molecule has 16 heavy (non-hydrogen) atoms. The van der Waals surface area contributed by atoms with Crippen LogP contribution in [-0.2, 0) is 11.2 Å². The van der Waals surface area contributed by atoms with Crippen LogP contribution in [0.15, 0.2) is 24.3 Å². The van der Waals surface area contributed by atoms with Crippen LogP contribution in [0.4, 0.5) is 0 Å². The number of carboxylic acid groups (broad SMARTS) is 1. The van der Waals surface area contributed by atoms with Gasteiger partial charge in [0.25, 0.3) is 0 Å². The van der Waals surface area contributed by atoms with E-state index in [2.05, 4.69) is 38.1 Å². The Morgan fingerprint density at radius 2 is 1.88 bits per heavy atom.